The molecule has 2 rings (SSSR count). The van der Waals surface area contributed by atoms with E-state index in [4.69, 9.17) is 4.42 Å². The van der Waals surface area contributed by atoms with Crippen molar-refractivity contribution in [2.75, 3.05) is 7.05 Å². The summed E-state index contributed by atoms with van der Waals surface area (Å²) >= 11 is 0. The lowest BCUT2D eigenvalue weighted by atomic mass is 10.1. The Kier molecular flexibility index (Phi) is 4.51. The van der Waals surface area contributed by atoms with E-state index >= 15 is 0 Å². The van der Waals surface area contributed by atoms with Gasteiger partial charge in [-0.15, -0.1) is 0 Å². The van der Waals surface area contributed by atoms with Gasteiger partial charge in [-0.1, -0.05) is 6.07 Å². The summed E-state index contributed by atoms with van der Waals surface area (Å²) in [5.41, 5.74) is 2.96. The van der Waals surface area contributed by atoms with Crippen LogP contribution >= 0.6 is 0 Å². The maximum absolute atomic E-state index is 12.7. The molecule has 0 bridgehead atoms. The van der Waals surface area contributed by atoms with E-state index in [9.17, 15) is 13.5 Å². The van der Waals surface area contributed by atoms with Crippen LogP contribution in [0.4, 0.5) is 0 Å². The van der Waals surface area contributed by atoms with Gasteiger partial charge in [0.05, 0.1) is 24.0 Å². The van der Waals surface area contributed by atoms with Crippen LogP contribution in [0.15, 0.2) is 40.0 Å². The van der Waals surface area contributed by atoms with Crippen LogP contribution in [0.2, 0.25) is 0 Å². The zero-order chi connectivity index (χ0) is 15.6. The van der Waals surface area contributed by atoms with Gasteiger partial charge in [0.15, 0.2) is 0 Å². The van der Waals surface area contributed by atoms with Crippen LogP contribution in [0.25, 0.3) is 0 Å². The summed E-state index contributed by atoms with van der Waals surface area (Å²) in [5, 5.41) is 9.32. The molecule has 0 spiro atoms. The van der Waals surface area contributed by atoms with Crippen LogP contribution in [0.5, 0.6) is 0 Å². The topological polar surface area (TPSA) is 70.8 Å². The fourth-order valence-corrected chi connectivity index (χ4v) is 3.63. The molecule has 0 aliphatic carbocycles. The minimum Gasteiger partial charge on any atom is -0.472 e. The van der Waals surface area contributed by atoms with E-state index in [0.29, 0.717) is 11.1 Å². The van der Waals surface area contributed by atoms with Crippen molar-refractivity contribution in [2.24, 2.45) is 0 Å². The van der Waals surface area contributed by atoms with E-state index in [0.717, 1.165) is 11.1 Å². The first kappa shape index (κ1) is 15.8. The molecule has 6 heteroatoms. The average molecular weight is 309 g/mol. The molecule has 5 nitrogen and oxygen atoms in total. The summed E-state index contributed by atoms with van der Waals surface area (Å²) in [4.78, 5) is 0.225. The third-order valence-electron chi connectivity index (χ3n) is 3.48. The fraction of sp³-hybridized carbons (Fsp3) is 0.333. The van der Waals surface area contributed by atoms with Crippen molar-refractivity contribution in [3.05, 3.63) is 53.0 Å². The number of aliphatic hydroxyl groups is 1. The van der Waals surface area contributed by atoms with E-state index in [-0.39, 0.29) is 18.0 Å². The predicted octanol–water partition coefficient (Wildman–Crippen LogP) is 2.21. The number of furan rings is 1. The Morgan fingerprint density at radius 1 is 1.24 bits per heavy atom. The van der Waals surface area contributed by atoms with Crippen molar-refractivity contribution < 1.29 is 17.9 Å². The van der Waals surface area contributed by atoms with Crippen LogP contribution < -0.4 is 0 Å². The van der Waals surface area contributed by atoms with Crippen LogP contribution in [-0.2, 0) is 23.2 Å². The highest BCUT2D eigenvalue weighted by Crippen LogP contribution is 2.24. The van der Waals surface area contributed by atoms with E-state index < -0.39 is 10.0 Å². The summed E-state index contributed by atoms with van der Waals surface area (Å²) in [7, 11) is -2.09. The summed E-state index contributed by atoms with van der Waals surface area (Å²) < 4.78 is 31.6. The largest absolute Gasteiger partial charge is 0.472 e. The average Bonchev–Trinajstić information content (AvgIpc) is 2.91. The lowest BCUT2D eigenvalue weighted by molar-refractivity contribution is 0.280. The van der Waals surface area contributed by atoms with Crippen LogP contribution in [0.1, 0.15) is 22.3 Å². The maximum Gasteiger partial charge on any atom is 0.243 e. The third kappa shape index (κ3) is 3.18. The second-order valence-corrected chi connectivity index (χ2v) is 7.11. The van der Waals surface area contributed by atoms with Gasteiger partial charge in [0.25, 0.3) is 0 Å². The third-order valence-corrected chi connectivity index (χ3v) is 5.42. The first-order chi connectivity index (χ1) is 9.86. The number of hydrogen-bond donors (Lipinski definition) is 1. The Morgan fingerprint density at radius 3 is 2.52 bits per heavy atom. The maximum atomic E-state index is 12.7. The van der Waals surface area contributed by atoms with E-state index in [2.05, 4.69) is 0 Å². The van der Waals surface area contributed by atoms with Gasteiger partial charge in [-0.25, -0.2) is 8.42 Å². The Morgan fingerprint density at radius 2 is 1.95 bits per heavy atom. The molecule has 0 saturated carbocycles. The van der Waals surface area contributed by atoms with Crippen LogP contribution in [0, 0.1) is 13.8 Å². The molecule has 0 fully saturated rings. The molecule has 21 heavy (non-hydrogen) atoms. The second kappa shape index (κ2) is 6.01. The van der Waals surface area contributed by atoms with E-state index in [1.165, 1.54) is 23.9 Å². The molecule has 1 heterocycles. The van der Waals surface area contributed by atoms with Crippen LogP contribution in [-0.4, -0.2) is 24.9 Å². The zero-order valence-corrected chi connectivity index (χ0v) is 13.1. The van der Waals surface area contributed by atoms with Gasteiger partial charge < -0.3 is 9.52 Å². The van der Waals surface area contributed by atoms with Crippen LogP contribution in [0.3, 0.4) is 0 Å². The number of sulfonamides is 1. The number of aliphatic hydroxyl groups excluding tert-OH is 1. The van der Waals surface area contributed by atoms with Gasteiger partial charge in [0, 0.05) is 19.2 Å². The minimum absolute atomic E-state index is 0.180. The molecule has 0 amide bonds. The molecule has 0 aliphatic heterocycles. The summed E-state index contributed by atoms with van der Waals surface area (Å²) in [6, 6.07) is 5.06. The SMILES string of the molecule is Cc1cc(C)c(S(=O)(=O)N(C)Cc2ccoc2)cc1CO. The Hall–Kier alpha value is -1.63. The number of nitrogens with zero attached hydrogens (tertiary/aromatic N) is 1. The van der Waals surface area contributed by atoms with Crippen molar-refractivity contribution in [3.8, 4) is 0 Å². The molecular formula is C15H19NO4S. The molecule has 0 aliphatic rings. The first-order valence-corrected chi connectivity index (χ1v) is 7.98. The Balaban J connectivity index is 2.39. The van der Waals surface area contributed by atoms with E-state index in [1.807, 2.05) is 6.92 Å². The van der Waals surface area contributed by atoms with Gasteiger partial charge >= 0.3 is 0 Å². The van der Waals surface area contributed by atoms with Crippen molar-refractivity contribution in [1.82, 2.24) is 4.31 Å². The Bertz CT molecular complexity index is 720. The molecule has 1 N–H and O–H groups in total. The second-order valence-electron chi connectivity index (χ2n) is 5.09. The van der Waals surface area contributed by atoms with Crippen molar-refractivity contribution >= 4 is 10.0 Å². The molecule has 0 radical (unpaired) electrons. The molecule has 0 unspecified atom stereocenters. The first-order valence-electron chi connectivity index (χ1n) is 6.54. The number of aryl methyl sites for hydroxylation is 2. The van der Waals surface area contributed by atoms with Gasteiger partial charge in [0.1, 0.15) is 0 Å². The van der Waals surface area contributed by atoms with Crippen molar-refractivity contribution in [1.29, 1.82) is 0 Å². The van der Waals surface area contributed by atoms with Gasteiger partial charge in [-0.2, -0.15) is 4.31 Å². The fourth-order valence-electron chi connectivity index (χ4n) is 2.22. The zero-order valence-electron chi connectivity index (χ0n) is 12.3. The molecule has 2 aromatic rings. The number of benzene rings is 1. The number of hydrogen-bond acceptors (Lipinski definition) is 4. The molecular weight excluding hydrogens is 290 g/mol. The molecule has 114 valence electrons. The molecule has 0 saturated heterocycles. The highest BCUT2D eigenvalue weighted by atomic mass is 32.2. The Labute approximate surface area is 124 Å². The normalized spacial score (nSPS) is 12.0. The monoisotopic (exact) mass is 309 g/mol. The van der Waals surface area contributed by atoms with Crippen molar-refractivity contribution in [3.63, 3.8) is 0 Å². The van der Waals surface area contributed by atoms with Gasteiger partial charge in [-0.3, -0.25) is 0 Å². The number of rotatable bonds is 5. The minimum atomic E-state index is -3.61. The standard InChI is InChI=1S/C15H19NO4S/c1-11-6-12(2)15(7-14(11)9-17)21(18,19)16(3)8-13-4-5-20-10-13/h4-7,10,17H,8-9H2,1-3H3. The summed E-state index contributed by atoms with van der Waals surface area (Å²) in [6.07, 6.45) is 3.03. The lowest BCUT2D eigenvalue weighted by Crippen LogP contribution is -2.27. The quantitative estimate of drug-likeness (QED) is 0.919. The predicted molar refractivity (Wildman–Crippen MR) is 79.2 cm³/mol. The molecule has 0 atom stereocenters. The smallest absolute Gasteiger partial charge is 0.243 e. The lowest BCUT2D eigenvalue weighted by Gasteiger charge is -2.19. The van der Waals surface area contributed by atoms with Gasteiger partial charge in [-0.05, 0) is 42.7 Å². The van der Waals surface area contributed by atoms with Crippen molar-refractivity contribution in [2.45, 2.75) is 31.9 Å². The molecule has 1 aromatic carbocycles. The summed E-state index contributed by atoms with van der Waals surface area (Å²) in [5.74, 6) is 0. The molecule has 1 aromatic heterocycles. The van der Waals surface area contributed by atoms with Gasteiger partial charge in [0.2, 0.25) is 10.0 Å². The summed E-state index contributed by atoms with van der Waals surface area (Å²) in [6.45, 7) is 3.66. The highest BCUT2D eigenvalue weighted by Gasteiger charge is 2.24. The highest BCUT2D eigenvalue weighted by molar-refractivity contribution is 7.89. The van der Waals surface area contributed by atoms with E-state index in [1.54, 1.807) is 25.1 Å².